The van der Waals surface area contributed by atoms with Gasteiger partial charge in [-0.15, -0.1) is 23.5 Å². The SMILES string of the molecule is C1=C(c2ccccc2)SCS1. The first-order chi connectivity index (χ1) is 5.47. The minimum Gasteiger partial charge on any atom is -0.122 e. The highest BCUT2D eigenvalue weighted by Gasteiger charge is 2.06. The maximum absolute atomic E-state index is 2.24. The molecule has 2 heteroatoms. The lowest BCUT2D eigenvalue weighted by atomic mass is 10.2. The summed E-state index contributed by atoms with van der Waals surface area (Å²) < 4.78 is 0. The molecule has 0 radical (unpaired) electrons. The smallest absolute Gasteiger partial charge is 0.0481 e. The summed E-state index contributed by atoms with van der Waals surface area (Å²) in [6.45, 7) is 0. The van der Waals surface area contributed by atoms with Crippen LogP contribution >= 0.6 is 23.5 Å². The molecule has 11 heavy (non-hydrogen) atoms. The highest BCUT2D eigenvalue weighted by Crippen LogP contribution is 2.38. The molecule has 0 nitrogen and oxygen atoms in total. The van der Waals surface area contributed by atoms with E-state index in [2.05, 4.69) is 35.7 Å². The fourth-order valence-corrected chi connectivity index (χ4v) is 3.11. The van der Waals surface area contributed by atoms with Gasteiger partial charge in [-0.05, 0) is 11.0 Å². The standard InChI is InChI=1S/C9H8S2/c1-2-4-8(5-3-1)9-6-10-7-11-9/h1-6H,7H2. The Morgan fingerprint density at radius 3 is 2.55 bits per heavy atom. The van der Waals surface area contributed by atoms with Gasteiger partial charge in [-0.25, -0.2) is 0 Å². The number of thioether (sulfide) groups is 2. The predicted molar refractivity (Wildman–Crippen MR) is 54.5 cm³/mol. The van der Waals surface area contributed by atoms with Crippen LogP contribution in [0.2, 0.25) is 0 Å². The van der Waals surface area contributed by atoms with E-state index in [1.165, 1.54) is 15.6 Å². The Labute approximate surface area is 75.1 Å². The molecule has 0 unspecified atom stereocenters. The Morgan fingerprint density at radius 2 is 1.91 bits per heavy atom. The molecule has 0 bridgehead atoms. The topological polar surface area (TPSA) is 0 Å². The molecule has 0 spiro atoms. The molecule has 1 aromatic carbocycles. The molecule has 0 amide bonds. The van der Waals surface area contributed by atoms with E-state index in [0.29, 0.717) is 0 Å². The van der Waals surface area contributed by atoms with Crippen LogP contribution in [0.15, 0.2) is 35.7 Å². The van der Waals surface area contributed by atoms with Crippen molar-refractivity contribution in [3.05, 3.63) is 41.3 Å². The zero-order valence-electron chi connectivity index (χ0n) is 5.99. The van der Waals surface area contributed by atoms with Gasteiger partial charge >= 0.3 is 0 Å². The zero-order valence-corrected chi connectivity index (χ0v) is 7.62. The monoisotopic (exact) mass is 180 g/mol. The van der Waals surface area contributed by atoms with E-state index >= 15 is 0 Å². The Bertz CT molecular complexity index is 264. The molecular weight excluding hydrogens is 172 g/mol. The van der Waals surface area contributed by atoms with Crippen LogP contribution in [0.4, 0.5) is 0 Å². The van der Waals surface area contributed by atoms with Gasteiger partial charge in [-0.2, -0.15) is 0 Å². The quantitative estimate of drug-likeness (QED) is 0.649. The largest absolute Gasteiger partial charge is 0.122 e. The van der Waals surface area contributed by atoms with E-state index in [1.54, 1.807) is 0 Å². The van der Waals surface area contributed by atoms with Crippen LogP contribution in [0.5, 0.6) is 0 Å². The molecule has 1 aliphatic heterocycles. The summed E-state index contributed by atoms with van der Waals surface area (Å²) in [5, 5.41) is 3.41. The molecule has 0 fully saturated rings. The molecule has 0 N–H and O–H groups in total. The van der Waals surface area contributed by atoms with Gasteiger partial charge < -0.3 is 0 Å². The first kappa shape index (κ1) is 7.32. The predicted octanol–water partition coefficient (Wildman–Crippen LogP) is 3.42. The maximum Gasteiger partial charge on any atom is 0.0481 e. The van der Waals surface area contributed by atoms with Gasteiger partial charge in [0, 0.05) is 9.99 Å². The summed E-state index contributed by atoms with van der Waals surface area (Å²) in [6.07, 6.45) is 0. The lowest BCUT2D eigenvalue weighted by molar-refractivity contribution is 1.66. The van der Waals surface area contributed by atoms with Crippen LogP contribution in [0, 0.1) is 0 Å². The second-order valence-electron chi connectivity index (χ2n) is 2.28. The molecule has 1 heterocycles. The lowest BCUT2D eigenvalue weighted by Crippen LogP contribution is -1.73. The van der Waals surface area contributed by atoms with Crippen LogP contribution in [0.1, 0.15) is 5.56 Å². The number of hydrogen-bond acceptors (Lipinski definition) is 2. The van der Waals surface area contributed by atoms with Crippen molar-refractivity contribution in [2.75, 3.05) is 5.08 Å². The van der Waals surface area contributed by atoms with Crippen LogP contribution in [-0.2, 0) is 0 Å². The van der Waals surface area contributed by atoms with Crippen molar-refractivity contribution < 1.29 is 0 Å². The van der Waals surface area contributed by atoms with Crippen molar-refractivity contribution in [2.24, 2.45) is 0 Å². The fourth-order valence-electron chi connectivity index (χ4n) is 0.995. The summed E-state index contributed by atoms with van der Waals surface area (Å²) in [4.78, 5) is 1.41. The molecular formula is C9H8S2. The summed E-state index contributed by atoms with van der Waals surface area (Å²) in [7, 11) is 0. The number of hydrogen-bond donors (Lipinski definition) is 0. The molecule has 1 aromatic rings. The minimum atomic E-state index is 1.17. The third-order valence-electron chi connectivity index (χ3n) is 1.53. The summed E-state index contributed by atoms with van der Waals surface area (Å²) in [6, 6.07) is 10.5. The summed E-state index contributed by atoms with van der Waals surface area (Å²) in [5.74, 6) is 0. The second kappa shape index (κ2) is 3.37. The van der Waals surface area contributed by atoms with Crippen molar-refractivity contribution in [1.82, 2.24) is 0 Å². The average Bonchev–Trinajstić information content (AvgIpc) is 2.58. The van der Waals surface area contributed by atoms with Crippen LogP contribution in [0.3, 0.4) is 0 Å². The Kier molecular flexibility index (Phi) is 2.24. The van der Waals surface area contributed by atoms with E-state index < -0.39 is 0 Å². The van der Waals surface area contributed by atoms with Crippen LogP contribution < -0.4 is 0 Å². The molecule has 0 atom stereocenters. The van der Waals surface area contributed by atoms with Gasteiger partial charge in [0.2, 0.25) is 0 Å². The van der Waals surface area contributed by atoms with E-state index in [-0.39, 0.29) is 0 Å². The Balaban J connectivity index is 2.29. The third-order valence-corrected chi connectivity index (χ3v) is 3.76. The van der Waals surface area contributed by atoms with Crippen molar-refractivity contribution in [3.63, 3.8) is 0 Å². The van der Waals surface area contributed by atoms with E-state index in [9.17, 15) is 0 Å². The summed E-state index contributed by atoms with van der Waals surface area (Å²) >= 11 is 3.80. The molecule has 0 aromatic heterocycles. The fraction of sp³-hybridized carbons (Fsp3) is 0.111. The zero-order chi connectivity index (χ0) is 7.52. The van der Waals surface area contributed by atoms with Gasteiger partial charge in [-0.1, -0.05) is 30.3 Å². The van der Waals surface area contributed by atoms with Gasteiger partial charge in [0.25, 0.3) is 0 Å². The molecule has 0 saturated carbocycles. The van der Waals surface area contributed by atoms with Gasteiger partial charge in [0.1, 0.15) is 0 Å². The average molecular weight is 180 g/mol. The highest BCUT2D eigenvalue weighted by molar-refractivity contribution is 8.25. The Hall–Kier alpha value is -0.340. The third kappa shape index (κ3) is 1.63. The van der Waals surface area contributed by atoms with E-state index in [1.807, 2.05) is 23.5 Å². The van der Waals surface area contributed by atoms with E-state index in [0.717, 1.165) is 0 Å². The first-order valence-electron chi connectivity index (χ1n) is 3.47. The van der Waals surface area contributed by atoms with Crippen molar-refractivity contribution in [2.45, 2.75) is 0 Å². The maximum atomic E-state index is 2.24. The van der Waals surface area contributed by atoms with Crippen LogP contribution in [0.25, 0.3) is 4.91 Å². The molecule has 56 valence electrons. The molecule has 0 saturated heterocycles. The first-order valence-corrected chi connectivity index (χ1v) is 5.50. The van der Waals surface area contributed by atoms with Gasteiger partial charge in [-0.3, -0.25) is 0 Å². The van der Waals surface area contributed by atoms with Crippen LogP contribution in [-0.4, -0.2) is 5.08 Å². The van der Waals surface area contributed by atoms with E-state index in [4.69, 9.17) is 0 Å². The van der Waals surface area contributed by atoms with Crippen molar-refractivity contribution >= 4 is 28.4 Å². The lowest BCUT2D eigenvalue weighted by Gasteiger charge is -1.97. The molecule has 1 aliphatic rings. The molecule has 2 rings (SSSR count). The van der Waals surface area contributed by atoms with Gasteiger partial charge in [0.05, 0.1) is 0 Å². The minimum absolute atomic E-state index is 1.17. The van der Waals surface area contributed by atoms with Crippen molar-refractivity contribution in [1.29, 1.82) is 0 Å². The Morgan fingerprint density at radius 1 is 1.09 bits per heavy atom. The van der Waals surface area contributed by atoms with Crippen molar-refractivity contribution in [3.8, 4) is 0 Å². The second-order valence-corrected chi connectivity index (χ2v) is 4.52. The summed E-state index contributed by atoms with van der Waals surface area (Å²) in [5.41, 5.74) is 1.35. The number of benzene rings is 1. The highest BCUT2D eigenvalue weighted by atomic mass is 32.2. The number of rotatable bonds is 1. The molecule has 0 aliphatic carbocycles. The van der Waals surface area contributed by atoms with Gasteiger partial charge in [0.15, 0.2) is 0 Å². The normalized spacial score (nSPS) is 16.5.